The average Bonchev–Trinajstić information content (AvgIpc) is 1.52. The van der Waals surface area contributed by atoms with Crippen LogP contribution in [-0.2, 0) is 126 Å². The molecular formula is C62H97F6N9O24. The summed E-state index contributed by atoms with van der Waals surface area (Å²) in [4.78, 5) is 64.0. The number of carbonyl (C=O) groups is 4. The molecule has 0 unspecified atom stereocenters. The average molecular weight is 1470 g/mol. The van der Waals surface area contributed by atoms with Crippen molar-refractivity contribution in [1.29, 1.82) is 0 Å². The molecule has 2 aromatic heterocycles. The highest BCUT2D eigenvalue weighted by atomic mass is 19.4. The van der Waals surface area contributed by atoms with E-state index in [1.54, 1.807) is 27.7 Å². The predicted molar refractivity (Wildman–Crippen MR) is 336 cm³/mol. The molecule has 0 spiro atoms. The summed E-state index contributed by atoms with van der Waals surface area (Å²) in [7, 11) is 1.25. The van der Waals surface area contributed by atoms with Crippen molar-refractivity contribution in [1.82, 2.24) is 35.9 Å². The summed E-state index contributed by atoms with van der Waals surface area (Å²) in [5, 5.41) is 14.1. The highest BCUT2D eigenvalue weighted by Crippen LogP contribution is 2.38. The van der Waals surface area contributed by atoms with Gasteiger partial charge in [-0.15, -0.1) is 0 Å². The van der Waals surface area contributed by atoms with Crippen LogP contribution in [-0.4, -0.2) is 315 Å². The number of methoxy groups -OCH3 is 1. The van der Waals surface area contributed by atoms with Gasteiger partial charge in [-0.05, 0) is 39.8 Å². The number of halogens is 6. The lowest BCUT2D eigenvalue weighted by atomic mass is 9.98. The lowest BCUT2D eigenvalue weighted by molar-refractivity contribution is -0.161. The van der Waals surface area contributed by atoms with Crippen molar-refractivity contribution in [3.63, 3.8) is 0 Å². The number of aromatic nitrogens is 4. The van der Waals surface area contributed by atoms with Crippen molar-refractivity contribution in [2.24, 2.45) is 0 Å². The number of ether oxygens (including phenoxy) is 20. The van der Waals surface area contributed by atoms with Gasteiger partial charge in [0.1, 0.15) is 61.2 Å². The molecule has 5 N–H and O–H groups in total. The van der Waals surface area contributed by atoms with Crippen molar-refractivity contribution in [3.8, 4) is 0 Å². The molecule has 0 aliphatic carbocycles. The molecule has 33 nitrogen and oxygen atoms in total. The first-order valence-electron chi connectivity index (χ1n) is 33.2. The molecule has 4 aliphatic rings. The molecule has 39 heteroatoms. The minimum absolute atomic E-state index is 0.0199. The molecule has 101 heavy (non-hydrogen) atoms. The smallest absolute Gasteiger partial charge is 0.433 e. The van der Waals surface area contributed by atoms with Crippen LogP contribution in [0.1, 0.15) is 51.9 Å². The van der Waals surface area contributed by atoms with Gasteiger partial charge in [-0.25, -0.2) is 24.7 Å². The van der Waals surface area contributed by atoms with Gasteiger partial charge >= 0.3 is 18.3 Å². The second kappa shape index (κ2) is 45.6. The Hall–Kier alpha value is -5.54. The summed E-state index contributed by atoms with van der Waals surface area (Å²) in [5.41, 5.74) is -2.15. The lowest BCUT2D eigenvalue weighted by Gasteiger charge is -2.37. The van der Waals surface area contributed by atoms with Crippen LogP contribution in [0.4, 0.5) is 38.2 Å². The summed E-state index contributed by atoms with van der Waals surface area (Å²) in [6, 6.07) is -0.259. The van der Waals surface area contributed by atoms with E-state index in [9.17, 15) is 45.5 Å². The summed E-state index contributed by atoms with van der Waals surface area (Å²) < 4.78 is 192. The summed E-state index contributed by atoms with van der Waals surface area (Å²) in [6.07, 6.45) is -10.5. The first-order chi connectivity index (χ1) is 48.5. The molecule has 576 valence electrons. The third-order valence-electron chi connectivity index (χ3n) is 14.7. The number of nitrogens with one attached hydrogen (secondary N) is 5. The molecule has 0 aromatic carbocycles. The third kappa shape index (κ3) is 33.8. The van der Waals surface area contributed by atoms with Crippen LogP contribution >= 0.6 is 0 Å². The van der Waals surface area contributed by atoms with E-state index in [0.29, 0.717) is 26.4 Å². The van der Waals surface area contributed by atoms with Crippen LogP contribution in [0, 0.1) is 0 Å². The van der Waals surface area contributed by atoms with Crippen molar-refractivity contribution in [2.45, 2.75) is 119 Å². The van der Waals surface area contributed by atoms with E-state index in [1.807, 2.05) is 0 Å². The second-order valence-electron chi connectivity index (χ2n) is 23.6. The molecule has 4 saturated heterocycles. The lowest BCUT2D eigenvalue weighted by Crippen LogP contribution is -2.55. The minimum Gasteiger partial charge on any atom is -0.467 e. The number of carbonyl (C=O) groups excluding carboxylic acids is 4. The number of rotatable bonds is 53. The maximum Gasteiger partial charge on any atom is 0.433 e. The Kier molecular flexibility index (Phi) is 38.1. The molecule has 2 aromatic rings. The van der Waals surface area contributed by atoms with E-state index < -0.39 is 102 Å². The van der Waals surface area contributed by atoms with Crippen molar-refractivity contribution in [2.75, 3.05) is 216 Å². The van der Waals surface area contributed by atoms with Gasteiger partial charge in [-0.2, -0.15) is 26.3 Å². The number of alkyl halides is 6. The fourth-order valence-electron chi connectivity index (χ4n) is 10.0. The van der Waals surface area contributed by atoms with E-state index in [2.05, 4.69) is 51.3 Å². The van der Waals surface area contributed by atoms with Gasteiger partial charge in [0.05, 0.1) is 197 Å². The van der Waals surface area contributed by atoms with E-state index in [-0.39, 0.29) is 208 Å². The van der Waals surface area contributed by atoms with Crippen LogP contribution in [0.25, 0.3) is 0 Å². The maximum absolute atomic E-state index is 13.2. The Bertz CT molecular complexity index is 2540. The third-order valence-corrected chi connectivity index (χ3v) is 14.7. The zero-order valence-electron chi connectivity index (χ0n) is 57.5. The highest BCUT2D eigenvalue weighted by Gasteiger charge is 2.54. The van der Waals surface area contributed by atoms with Crippen molar-refractivity contribution >= 4 is 35.6 Å². The van der Waals surface area contributed by atoms with Crippen LogP contribution in [0.15, 0.2) is 24.5 Å². The van der Waals surface area contributed by atoms with Crippen LogP contribution in [0.3, 0.4) is 0 Å². The van der Waals surface area contributed by atoms with Crippen molar-refractivity contribution in [3.05, 3.63) is 35.9 Å². The molecule has 0 saturated carbocycles. The van der Waals surface area contributed by atoms with Crippen LogP contribution in [0.5, 0.6) is 0 Å². The number of nitrogens with zero attached hydrogens (tertiary/aromatic N) is 4. The Balaban J connectivity index is 0.734. The first kappa shape index (κ1) is 84.4. The quantitative estimate of drug-likeness (QED) is 0.0354. The normalized spacial score (nSPS) is 21.6. The standard InChI is InChI=1S/C62H97F6N9O24/c1-59(2)98-53-43(74-57-71-10-6-47(76-57)61(63,64)65)36-96-45(55(53)100-59)38-92-30-26-87-24-22-85-20-18-83-16-12-69-49(78)8-14-90-34-42(73-51(80)40-94-32-28-89-29-33-95-41-52(81)82-5)35-91-15-9-50(79)70-13-17-84-19-21-86-23-25-88-27-31-93-39-46-56-54(99-60(3,4)101-56)44(37-97-46)75-58-72-11-7-48(77-58)62(66,67)68/h6-7,10-11,42-46,53-56H,8-9,12-41H2,1-5H3,(H,69,78)(H,70,79)(H,73,80)(H,71,74,76)(H,72,75,77)/t43-,44-,45+,46+,53+,54+,55-,56-/m0/s1. The molecule has 0 radical (unpaired) electrons. The molecular weight excluding hydrogens is 1370 g/mol. The SMILES string of the molecule is COC(=O)COCCOCCOCC(=O)NC(COCCC(=O)NCCOCCOCCOCCOC[C@H]1OC[C@H](Nc2nccc(C(F)(F)F)n2)[C@H]2OC(C)(C)O[C@H]21)COCCC(=O)NCCOCCOCCOCCOC[C@H]1OC[C@H](Nc2nccc(C(F)(F)F)n2)[C@H]2OC(C)(C)O[C@H]21. The van der Waals surface area contributed by atoms with Gasteiger partial charge in [-0.1, -0.05) is 0 Å². The monoisotopic (exact) mass is 1470 g/mol. The van der Waals surface area contributed by atoms with Crippen molar-refractivity contribution < 1.29 is 140 Å². The zero-order valence-corrected chi connectivity index (χ0v) is 57.5. The topological polar surface area (TPSA) is 365 Å². The Morgan fingerprint density at radius 3 is 1.22 bits per heavy atom. The van der Waals surface area contributed by atoms with E-state index >= 15 is 0 Å². The largest absolute Gasteiger partial charge is 0.467 e. The maximum atomic E-state index is 13.2. The van der Waals surface area contributed by atoms with Gasteiger partial charge in [-0.3, -0.25) is 14.4 Å². The highest BCUT2D eigenvalue weighted by molar-refractivity contribution is 5.77. The Labute approximate surface area is 581 Å². The van der Waals surface area contributed by atoms with Crippen LogP contribution < -0.4 is 26.6 Å². The van der Waals surface area contributed by atoms with Gasteiger partial charge in [0.15, 0.2) is 11.6 Å². The number of amides is 3. The molecule has 0 bridgehead atoms. The summed E-state index contributed by atoms with van der Waals surface area (Å²) in [6.45, 7) is 11.9. The fourth-order valence-corrected chi connectivity index (χ4v) is 10.0. The molecule has 4 fully saturated rings. The van der Waals surface area contributed by atoms with Gasteiger partial charge in [0.25, 0.3) is 0 Å². The number of hydrogen-bond acceptors (Lipinski definition) is 30. The van der Waals surface area contributed by atoms with E-state index in [4.69, 9.17) is 90.0 Å². The number of fused-ring (bicyclic) bond motifs is 2. The molecule has 4 aliphatic heterocycles. The fraction of sp³-hybridized carbons (Fsp3) is 0.806. The summed E-state index contributed by atoms with van der Waals surface area (Å²) in [5.74, 6) is -3.92. The van der Waals surface area contributed by atoms with Gasteiger partial charge < -0.3 is 121 Å². The molecule has 8 atom stereocenters. The van der Waals surface area contributed by atoms with Crippen LogP contribution in [0.2, 0.25) is 0 Å². The Morgan fingerprint density at radius 2 is 0.832 bits per heavy atom. The Morgan fingerprint density at radius 1 is 0.475 bits per heavy atom. The van der Waals surface area contributed by atoms with Gasteiger partial charge in [0, 0.05) is 38.3 Å². The molecule has 6 rings (SSSR count). The van der Waals surface area contributed by atoms with Gasteiger partial charge in [0.2, 0.25) is 29.6 Å². The molecule has 3 amide bonds. The number of hydrogen-bond donors (Lipinski definition) is 5. The minimum atomic E-state index is -4.63. The number of anilines is 2. The summed E-state index contributed by atoms with van der Waals surface area (Å²) >= 11 is 0. The van der Waals surface area contributed by atoms with E-state index in [1.165, 1.54) is 7.11 Å². The predicted octanol–water partition coefficient (Wildman–Crippen LogP) is 1.29. The first-order valence-corrected chi connectivity index (χ1v) is 33.2. The number of esters is 1. The van der Waals surface area contributed by atoms with E-state index in [0.717, 1.165) is 24.5 Å². The zero-order chi connectivity index (χ0) is 72.8. The molecule has 6 heterocycles. The second-order valence-corrected chi connectivity index (χ2v) is 23.6.